The van der Waals surface area contributed by atoms with E-state index < -0.39 is 0 Å². The summed E-state index contributed by atoms with van der Waals surface area (Å²) in [6.45, 7) is 2.63. The van der Waals surface area contributed by atoms with E-state index in [1.54, 1.807) is 0 Å². The van der Waals surface area contributed by atoms with Crippen LogP contribution in [0.2, 0.25) is 0 Å². The molecule has 1 N–H and O–H groups in total. The van der Waals surface area contributed by atoms with Crippen molar-refractivity contribution in [2.24, 2.45) is 0 Å². The van der Waals surface area contributed by atoms with Gasteiger partial charge in [-0.05, 0) is 25.7 Å². The summed E-state index contributed by atoms with van der Waals surface area (Å²) < 4.78 is 0. The Hall–Kier alpha value is -0.610. The molecule has 2 rings (SSSR count). The Morgan fingerprint density at radius 3 is 2.60 bits per heavy atom. The molecule has 2 fully saturated rings. The number of likely N-dealkylation sites (N-methyl/N-ethyl adjacent to an activating group) is 1. The second kappa shape index (κ2) is 4.94. The largest absolute Gasteiger partial charge is 0.342 e. The van der Waals surface area contributed by atoms with Gasteiger partial charge in [-0.2, -0.15) is 0 Å². The van der Waals surface area contributed by atoms with E-state index in [0.29, 0.717) is 12.6 Å². The second-order valence-electron chi connectivity index (χ2n) is 4.62. The van der Waals surface area contributed by atoms with Crippen molar-refractivity contribution in [1.29, 1.82) is 0 Å². The van der Waals surface area contributed by atoms with Crippen LogP contribution >= 0.6 is 0 Å². The van der Waals surface area contributed by atoms with E-state index in [0.717, 1.165) is 13.1 Å². The first-order valence-corrected chi connectivity index (χ1v) is 6.01. The summed E-state index contributed by atoms with van der Waals surface area (Å²) in [5.74, 6) is 0.225. The molecule has 0 aromatic heterocycles. The topological polar surface area (TPSA) is 35.6 Å². The first-order valence-electron chi connectivity index (χ1n) is 6.01. The molecule has 86 valence electrons. The zero-order valence-electron chi connectivity index (χ0n) is 9.54. The van der Waals surface area contributed by atoms with Crippen molar-refractivity contribution in [2.45, 2.75) is 38.1 Å². The summed E-state index contributed by atoms with van der Waals surface area (Å²) in [4.78, 5) is 13.6. The van der Waals surface area contributed by atoms with E-state index >= 15 is 0 Å². The standard InChI is InChI=1S/C11H21N3O/c1-13(10-5-6-10)11(15)9-12-14-7-3-2-4-8-14/h10,12H,2-9H2,1H3. The molecule has 1 heterocycles. The quantitative estimate of drug-likeness (QED) is 0.739. The van der Waals surface area contributed by atoms with Gasteiger partial charge in [-0.1, -0.05) is 6.42 Å². The monoisotopic (exact) mass is 211 g/mol. The molecule has 1 saturated heterocycles. The van der Waals surface area contributed by atoms with Gasteiger partial charge < -0.3 is 4.90 Å². The van der Waals surface area contributed by atoms with Crippen molar-refractivity contribution < 1.29 is 4.79 Å². The molecule has 0 unspecified atom stereocenters. The highest BCUT2D eigenvalue weighted by molar-refractivity contribution is 5.78. The molecule has 0 spiro atoms. The van der Waals surface area contributed by atoms with Crippen molar-refractivity contribution in [1.82, 2.24) is 15.3 Å². The zero-order chi connectivity index (χ0) is 10.7. The smallest absolute Gasteiger partial charge is 0.237 e. The van der Waals surface area contributed by atoms with Crippen LogP contribution in [0.1, 0.15) is 32.1 Å². The lowest BCUT2D eigenvalue weighted by atomic mass is 10.2. The van der Waals surface area contributed by atoms with E-state index in [-0.39, 0.29) is 5.91 Å². The Balaban J connectivity index is 1.65. The van der Waals surface area contributed by atoms with Gasteiger partial charge in [0.05, 0.1) is 6.54 Å². The highest BCUT2D eigenvalue weighted by Crippen LogP contribution is 2.25. The molecule has 4 heteroatoms. The highest BCUT2D eigenvalue weighted by Gasteiger charge is 2.29. The fraction of sp³-hybridized carbons (Fsp3) is 0.909. The predicted molar refractivity (Wildman–Crippen MR) is 59.2 cm³/mol. The molecule has 2 aliphatic rings. The average molecular weight is 211 g/mol. The van der Waals surface area contributed by atoms with Crippen LogP contribution in [0.25, 0.3) is 0 Å². The number of amides is 1. The zero-order valence-corrected chi connectivity index (χ0v) is 9.54. The number of nitrogens with one attached hydrogen (secondary N) is 1. The van der Waals surface area contributed by atoms with Gasteiger partial charge in [0.1, 0.15) is 0 Å². The van der Waals surface area contributed by atoms with Crippen LogP contribution in [0.4, 0.5) is 0 Å². The van der Waals surface area contributed by atoms with E-state index in [9.17, 15) is 4.79 Å². The van der Waals surface area contributed by atoms with Crippen molar-refractivity contribution in [3.05, 3.63) is 0 Å². The van der Waals surface area contributed by atoms with Gasteiger partial charge in [0.15, 0.2) is 0 Å². The summed E-state index contributed by atoms with van der Waals surface area (Å²) in [5.41, 5.74) is 3.23. The lowest BCUT2D eigenvalue weighted by molar-refractivity contribution is -0.130. The highest BCUT2D eigenvalue weighted by atomic mass is 16.2. The number of rotatable bonds is 4. The van der Waals surface area contributed by atoms with Gasteiger partial charge in [-0.25, -0.2) is 10.4 Å². The summed E-state index contributed by atoms with van der Waals surface area (Å²) in [6, 6.07) is 0.528. The number of hydrogen-bond acceptors (Lipinski definition) is 3. The van der Waals surface area contributed by atoms with Crippen LogP contribution in [-0.2, 0) is 4.79 Å². The summed E-state index contributed by atoms with van der Waals surface area (Å²) in [5, 5.41) is 2.18. The fourth-order valence-corrected chi connectivity index (χ4v) is 2.02. The maximum atomic E-state index is 11.7. The van der Waals surface area contributed by atoms with Crippen molar-refractivity contribution in [3.8, 4) is 0 Å². The van der Waals surface area contributed by atoms with Crippen LogP contribution in [0.3, 0.4) is 0 Å². The van der Waals surface area contributed by atoms with Gasteiger partial charge >= 0.3 is 0 Å². The molecule has 0 bridgehead atoms. The van der Waals surface area contributed by atoms with Gasteiger partial charge in [-0.15, -0.1) is 0 Å². The van der Waals surface area contributed by atoms with Gasteiger partial charge in [-0.3, -0.25) is 4.79 Å². The minimum absolute atomic E-state index is 0.225. The lowest BCUT2D eigenvalue weighted by Gasteiger charge is -2.27. The fourth-order valence-electron chi connectivity index (χ4n) is 2.02. The Labute approximate surface area is 91.6 Å². The number of carbonyl (C=O) groups is 1. The third-order valence-electron chi connectivity index (χ3n) is 3.30. The Morgan fingerprint density at radius 2 is 2.00 bits per heavy atom. The lowest BCUT2D eigenvalue weighted by Crippen LogP contribution is -2.47. The van der Waals surface area contributed by atoms with E-state index in [1.807, 2.05) is 11.9 Å². The number of hydrazine groups is 1. The van der Waals surface area contributed by atoms with Crippen LogP contribution in [0.5, 0.6) is 0 Å². The van der Waals surface area contributed by atoms with Crippen LogP contribution < -0.4 is 5.43 Å². The van der Waals surface area contributed by atoms with E-state index in [4.69, 9.17) is 0 Å². The first kappa shape index (κ1) is 10.9. The number of piperidine rings is 1. The molecular weight excluding hydrogens is 190 g/mol. The van der Waals surface area contributed by atoms with Crippen molar-refractivity contribution >= 4 is 5.91 Å². The molecule has 1 aliphatic carbocycles. The molecular formula is C11H21N3O. The first-order chi connectivity index (χ1) is 7.27. The maximum Gasteiger partial charge on any atom is 0.237 e. The third-order valence-corrected chi connectivity index (χ3v) is 3.30. The minimum Gasteiger partial charge on any atom is -0.342 e. The van der Waals surface area contributed by atoms with Crippen LogP contribution in [0.15, 0.2) is 0 Å². The SMILES string of the molecule is CN(C(=O)CNN1CCCCC1)C1CC1. The molecule has 1 saturated carbocycles. The Bertz CT molecular complexity index is 222. The molecule has 15 heavy (non-hydrogen) atoms. The van der Waals surface area contributed by atoms with Gasteiger partial charge in [0.2, 0.25) is 5.91 Å². The third kappa shape index (κ3) is 3.18. The van der Waals surface area contributed by atoms with Crippen LogP contribution in [-0.4, -0.2) is 48.5 Å². The molecule has 1 aliphatic heterocycles. The maximum absolute atomic E-state index is 11.7. The summed E-state index contributed by atoms with van der Waals surface area (Å²) in [6.07, 6.45) is 6.20. The van der Waals surface area contributed by atoms with E-state index in [2.05, 4.69) is 10.4 Å². The molecule has 0 aromatic rings. The number of carbonyl (C=O) groups excluding carboxylic acids is 1. The average Bonchev–Trinajstić information content (AvgIpc) is 3.10. The Kier molecular flexibility index (Phi) is 3.59. The minimum atomic E-state index is 0.225. The molecule has 0 aromatic carbocycles. The summed E-state index contributed by atoms with van der Waals surface area (Å²) >= 11 is 0. The van der Waals surface area contributed by atoms with Crippen molar-refractivity contribution in [2.75, 3.05) is 26.7 Å². The second-order valence-corrected chi connectivity index (χ2v) is 4.62. The van der Waals surface area contributed by atoms with Gasteiger partial charge in [0, 0.05) is 26.2 Å². The van der Waals surface area contributed by atoms with E-state index in [1.165, 1.54) is 32.1 Å². The van der Waals surface area contributed by atoms with Crippen molar-refractivity contribution in [3.63, 3.8) is 0 Å². The molecule has 1 amide bonds. The predicted octanol–water partition coefficient (Wildman–Crippen LogP) is 0.598. The molecule has 4 nitrogen and oxygen atoms in total. The Morgan fingerprint density at radius 1 is 1.33 bits per heavy atom. The van der Waals surface area contributed by atoms with Gasteiger partial charge in [0.25, 0.3) is 0 Å². The van der Waals surface area contributed by atoms with Crippen LogP contribution in [0, 0.1) is 0 Å². The molecule has 0 atom stereocenters. The summed E-state index contributed by atoms with van der Waals surface area (Å²) in [7, 11) is 1.91. The molecule has 0 radical (unpaired) electrons. The number of hydrogen-bond donors (Lipinski definition) is 1. The number of nitrogens with zero attached hydrogens (tertiary/aromatic N) is 2. The normalized spacial score (nSPS) is 22.7.